The monoisotopic (exact) mass is 427 g/mol. The summed E-state index contributed by atoms with van der Waals surface area (Å²) in [4.78, 5) is 12.0. The van der Waals surface area contributed by atoms with Crippen LogP contribution in [0.3, 0.4) is 0 Å². The molecule has 3 rings (SSSR count). The number of sulfonamides is 1. The maximum Gasteiger partial charge on any atom is 0.245 e. The predicted molar refractivity (Wildman–Crippen MR) is 103 cm³/mol. The minimum absolute atomic E-state index is 0.111. The molecule has 2 heterocycles. The van der Waals surface area contributed by atoms with Crippen LogP contribution in [0.2, 0.25) is 0 Å². The van der Waals surface area contributed by atoms with Crippen LogP contribution in [0.4, 0.5) is 4.39 Å². The van der Waals surface area contributed by atoms with E-state index in [0.29, 0.717) is 30.6 Å². The number of aromatic nitrogens is 3. The Kier molecular flexibility index (Phi) is 6.26. The third-order valence-electron chi connectivity index (χ3n) is 4.90. The maximum atomic E-state index is 13.9. The number of hydrogen-bond donors (Lipinski definition) is 2. The number of nitrogens with zero attached hydrogens (tertiary/aromatic N) is 3. The maximum absolute atomic E-state index is 13.9. The zero-order chi connectivity index (χ0) is 20.3. The van der Waals surface area contributed by atoms with Crippen molar-refractivity contribution in [2.45, 2.75) is 24.2 Å². The van der Waals surface area contributed by atoms with Crippen molar-refractivity contribution in [3.8, 4) is 0 Å². The van der Waals surface area contributed by atoms with Gasteiger partial charge in [0.2, 0.25) is 15.9 Å². The lowest BCUT2D eigenvalue weighted by Crippen LogP contribution is -2.43. The van der Waals surface area contributed by atoms with Crippen molar-refractivity contribution in [3.63, 3.8) is 0 Å². The third-order valence-corrected chi connectivity index (χ3v) is 7.20. The van der Waals surface area contributed by atoms with Crippen molar-refractivity contribution < 1.29 is 17.6 Å². The average molecular weight is 428 g/mol. The van der Waals surface area contributed by atoms with E-state index in [1.807, 2.05) is 0 Å². The first-order valence-electron chi connectivity index (χ1n) is 8.93. The molecule has 2 N–H and O–H groups in total. The summed E-state index contributed by atoms with van der Waals surface area (Å²) in [5, 5.41) is 9.64. The minimum Gasteiger partial charge on any atom is -0.355 e. The van der Waals surface area contributed by atoms with Crippen molar-refractivity contribution >= 4 is 28.1 Å². The van der Waals surface area contributed by atoms with Gasteiger partial charge >= 0.3 is 0 Å². The summed E-state index contributed by atoms with van der Waals surface area (Å²) < 4.78 is 42.6. The molecule has 2 aromatic rings. The summed E-state index contributed by atoms with van der Waals surface area (Å²) >= 11 is 5.04. The first kappa shape index (κ1) is 20.6. The SMILES string of the molecule is Cn1c(CCNC(=O)C2CCN(S(=O)(=O)c3ccccc3F)CC2)n[nH]c1=S. The smallest absolute Gasteiger partial charge is 0.245 e. The molecule has 152 valence electrons. The molecule has 28 heavy (non-hydrogen) atoms. The minimum atomic E-state index is -3.89. The number of rotatable bonds is 6. The van der Waals surface area contributed by atoms with Gasteiger partial charge in [-0.25, -0.2) is 12.8 Å². The van der Waals surface area contributed by atoms with Crippen LogP contribution < -0.4 is 5.32 Å². The second-order valence-electron chi connectivity index (χ2n) is 6.65. The van der Waals surface area contributed by atoms with E-state index in [1.165, 1.54) is 22.5 Å². The van der Waals surface area contributed by atoms with Crippen molar-refractivity contribution in [1.29, 1.82) is 0 Å². The van der Waals surface area contributed by atoms with E-state index in [0.717, 1.165) is 11.9 Å². The van der Waals surface area contributed by atoms with Crippen LogP contribution in [-0.4, -0.2) is 53.0 Å². The van der Waals surface area contributed by atoms with Crippen LogP contribution in [0.1, 0.15) is 18.7 Å². The van der Waals surface area contributed by atoms with E-state index in [-0.39, 0.29) is 29.8 Å². The molecule has 0 unspecified atom stereocenters. The van der Waals surface area contributed by atoms with Crippen molar-refractivity contribution in [3.05, 3.63) is 40.7 Å². The number of carbonyl (C=O) groups is 1. The van der Waals surface area contributed by atoms with Crippen molar-refractivity contribution in [2.75, 3.05) is 19.6 Å². The molecular weight excluding hydrogens is 405 g/mol. The van der Waals surface area contributed by atoms with E-state index < -0.39 is 15.8 Å². The lowest BCUT2D eigenvalue weighted by Gasteiger charge is -2.30. The number of aromatic amines is 1. The molecule has 8 nitrogen and oxygen atoms in total. The lowest BCUT2D eigenvalue weighted by molar-refractivity contribution is -0.126. The van der Waals surface area contributed by atoms with Gasteiger partial charge < -0.3 is 9.88 Å². The summed E-state index contributed by atoms with van der Waals surface area (Å²) in [6.07, 6.45) is 1.33. The van der Waals surface area contributed by atoms with Gasteiger partial charge in [0.25, 0.3) is 0 Å². The van der Waals surface area contributed by atoms with E-state index in [9.17, 15) is 17.6 Å². The molecule has 0 radical (unpaired) electrons. The topological polar surface area (TPSA) is 100 Å². The fourth-order valence-electron chi connectivity index (χ4n) is 3.20. The fourth-order valence-corrected chi connectivity index (χ4v) is 4.88. The largest absolute Gasteiger partial charge is 0.355 e. The molecule has 1 fully saturated rings. The number of piperidine rings is 1. The zero-order valence-electron chi connectivity index (χ0n) is 15.4. The van der Waals surface area contributed by atoms with Gasteiger partial charge in [-0.2, -0.15) is 9.40 Å². The van der Waals surface area contributed by atoms with Gasteiger partial charge in [0.15, 0.2) is 4.77 Å². The van der Waals surface area contributed by atoms with Gasteiger partial charge in [-0.05, 0) is 37.2 Å². The lowest BCUT2D eigenvalue weighted by atomic mass is 9.97. The zero-order valence-corrected chi connectivity index (χ0v) is 17.0. The highest BCUT2D eigenvalue weighted by molar-refractivity contribution is 7.89. The number of amides is 1. The Bertz CT molecular complexity index is 1010. The molecule has 1 aliphatic heterocycles. The number of H-pyrrole nitrogens is 1. The normalized spacial score (nSPS) is 16.2. The van der Waals surface area contributed by atoms with Gasteiger partial charge in [0.05, 0.1) is 0 Å². The molecule has 1 aromatic carbocycles. The van der Waals surface area contributed by atoms with Gasteiger partial charge in [-0.1, -0.05) is 12.1 Å². The Morgan fingerprint density at radius 2 is 2.04 bits per heavy atom. The molecule has 0 spiro atoms. The van der Waals surface area contributed by atoms with Gasteiger partial charge in [-0.3, -0.25) is 9.89 Å². The molecule has 0 atom stereocenters. The molecule has 1 saturated heterocycles. The van der Waals surface area contributed by atoms with E-state index in [1.54, 1.807) is 11.6 Å². The highest BCUT2D eigenvalue weighted by atomic mass is 32.2. The molecular formula is C17H22FN5O3S2. The molecule has 1 aliphatic rings. The Morgan fingerprint density at radius 1 is 1.36 bits per heavy atom. The molecule has 0 bridgehead atoms. The summed E-state index contributed by atoms with van der Waals surface area (Å²) in [5.74, 6) is -0.401. The third kappa shape index (κ3) is 4.31. The van der Waals surface area contributed by atoms with Crippen molar-refractivity contribution in [1.82, 2.24) is 24.4 Å². The van der Waals surface area contributed by atoms with Crippen LogP contribution in [0.15, 0.2) is 29.2 Å². The van der Waals surface area contributed by atoms with Crippen molar-refractivity contribution in [2.24, 2.45) is 13.0 Å². The number of nitrogens with one attached hydrogen (secondary N) is 2. The Labute approximate surface area is 167 Å². The average Bonchev–Trinajstić information content (AvgIpc) is 3.00. The summed E-state index contributed by atoms with van der Waals surface area (Å²) in [7, 11) is -2.09. The van der Waals surface area contributed by atoms with Gasteiger partial charge in [0, 0.05) is 39.0 Å². The standard InChI is InChI=1S/C17H22FN5O3S2/c1-22-15(20-21-17(22)27)6-9-19-16(24)12-7-10-23(11-8-12)28(25,26)14-5-3-2-4-13(14)18/h2-5,12H,6-11H2,1H3,(H,19,24)(H,21,27). The van der Waals surface area contributed by atoms with E-state index in [4.69, 9.17) is 12.2 Å². The first-order chi connectivity index (χ1) is 13.3. The van der Waals surface area contributed by atoms with Gasteiger partial charge in [-0.15, -0.1) is 0 Å². The highest BCUT2D eigenvalue weighted by Crippen LogP contribution is 2.25. The first-order valence-corrected chi connectivity index (χ1v) is 10.8. The number of benzene rings is 1. The predicted octanol–water partition coefficient (Wildman–Crippen LogP) is 1.38. The van der Waals surface area contributed by atoms with Crippen LogP contribution >= 0.6 is 12.2 Å². The molecule has 0 aliphatic carbocycles. The van der Waals surface area contributed by atoms with E-state index in [2.05, 4.69) is 15.5 Å². The van der Waals surface area contributed by atoms with Crippen LogP contribution in [0.25, 0.3) is 0 Å². The number of hydrogen-bond acceptors (Lipinski definition) is 5. The quantitative estimate of drug-likeness (QED) is 0.679. The second kappa shape index (κ2) is 8.50. The van der Waals surface area contributed by atoms with Crippen LogP contribution in [0.5, 0.6) is 0 Å². The number of halogens is 1. The van der Waals surface area contributed by atoms with E-state index >= 15 is 0 Å². The second-order valence-corrected chi connectivity index (χ2v) is 8.95. The summed E-state index contributed by atoms with van der Waals surface area (Å²) in [6, 6.07) is 5.32. The molecule has 0 saturated carbocycles. The Balaban J connectivity index is 1.52. The Morgan fingerprint density at radius 3 is 2.64 bits per heavy atom. The number of carbonyl (C=O) groups excluding carboxylic acids is 1. The summed E-state index contributed by atoms with van der Waals surface area (Å²) in [5.41, 5.74) is 0. The molecule has 11 heteroatoms. The van der Waals surface area contributed by atoms with Gasteiger partial charge in [0.1, 0.15) is 16.5 Å². The highest BCUT2D eigenvalue weighted by Gasteiger charge is 2.33. The van der Waals surface area contributed by atoms with Crippen LogP contribution in [0, 0.1) is 16.5 Å². The fraction of sp³-hybridized carbons (Fsp3) is 0.471. The molecule has 1 aromatic heterocycles. The molecule has 1 amide bonds. The van der Waals surface area contributed by atoms with Crippen LogP contribution in [-0.2, 0) is 28.3 Å². The Hall–Kier alpha value is -2.11. The summed E-state index contributed by atoms with van der Waals surface area (Å²) in [6.45, 7) is 0.783.